The van der Waals surface area contributed by atoms with Crippen LogP contribution in [0.3, 0.4) is 0 Å². The first-order valence-corrected chi connectivity index (χ1v) is 7.32. The maximum absolute atomic E-state index is 13.7. The van der Waals surface area contributed by atoms with Gasteiger partial charge in [0, 0.05) is 0 Å². The molecule has 0 radical (unpaired) electrons. The normalized spacial score (nSPS) is 12.6. The molecule has 1 nitrogen and oxygen atoms in total. The molecule has 2 rings (SSSR count). The van der Waals surface area contributed by atoms with Crippen molar-refractivity contribution in [3.8, 4) is 0 Å². The van der Waals surface area contributed by atoms with E-state index in [4.69, 9.17) is 0 Å². The number of aliphatic hydroxyl groups is 1. The summed E-state index contributed by atoms with van der Waals surface area (Å²) < 4.78 is 14.1. The Morgan fingerprint density at radius 2 is 1.55 bits per heavy atom. The zero-order chi connectivity index (χ0) is 15.0. The first-order chi connectivity index (χ1) is 9.32. The van der Waals surface area contributed by atoms with E-state index in [1.54, 1.807) is 12.1 Å². The van der Waals surface area contributed by atoms with Gasteiger partial charge >= 0.3 is 0 Å². The fraction of sp³-hybridized carbons (Fsp3) is 0.294. The Bertz CT molecular complexity index is 638. The summed E-state index contributed by atoms with van der Waals surface area (Å²) in [7, 11) is 0. The van der Waals surface area contributed by atoms with Gasteiger partial charge in [-0.2, -0.15) is 0 Å². The summed E-state index contributed by atoms with van der Waals surface area (Å²) in [5, 5.41) is 10.6. The SMILES string of the molecule is Cc1cc(C)c(C)c(C(O)c2ccc(Br)c(F)c2)c1C. The average Bonchev–Trinajstić information content (AvgIpc) is 2.40. The van der Waals surface area contributed by atoms with Gasteiger partial charge in [-0.05, 0) is 89.1 Å². The van der Waals surface area contributed by atoms with Crippen LogP contribution >= 0.6 is 15.9 Å². The number of rotatable bonds is 2. The summed E-state index contributed by atoms with van der Waals surface area (Å²) in [6.07, 6.45) is -0.809. The van der Waals surface area contributed by atoms with E-state index >= 15 is 0 Å². The Balaban J connectivity index is 2.58. The molecule has 2 aromatic carbocycles. The van der Waals surface area contributed by atoms with E-state index in [0.29, 0.717) is 10.0 Å². The maximum atomic E-state index is 13.7. The second-order valence-corrected chi connectivity index (χ2v) is 6.10. The van der Waals surface area contributed by atoms with Crippen molar-refractivity contribution in [3.63, 3.8) is 0 Å². The van der Waals surface area contributed by atoms with Crippen LogP contribution in [0.2, 0.25) is 0 Å². The van der Waals surface area contributed by atoms with Crippen molar-refractivity contribution in [2.45, 2.75) is 33.8 Å². The Morgan fingerprint density at radius 3 is 2.05 bits per heavy atom. The summed E-state index contributed by atoms with van der Waals surface area (Å²) in [5.74, 6) is -0.360. The molecule has 0 aliphatic carbocycles. The summed E-state index contributed by atoms with van der Waals surface area (Å²) in [6.45, 7) is 8.05. The molecule has 3 heteroatoms. The highest BCUT2D eigenvalue weighted by Crippen LogP contribution is 2.32. The lowest BCUT2D eigenvalue weighted by molar-refractivity contribution is 0.218. The summed E-state index contributed by atoms with van der Waals surface area (Å²) in [5.41, 5.74) is 5.85. The second kappa shape index (κ2) is 5.66. The van der Waals surface area contributed by atoms with Gasteiger partial charge < -0.3 is 5.11 Å². The second-order valence-electron chi connectivity index (χ2n) is 5.25. The fourth-order valence-electron chi connectivity index (χ4n) is 2.51. The zero-order valence-electron chi connectivity index (χ0n) is 12.1. The van der Waals surface area contributed by atoms with E-state index in [-0.39, 0.29) is 5.82 Å². The van der Waals surface area contributed by atoms with Gasteiger partial charge in [-0.1, -0.05) is 12.1 Å². The lowest BCUT2D eigenvalue weighted by Gasteiger charge is -2.20. The van der Waals surface area contributed by atoms with Crippen LogP contribution in [0.4, 0.5) is 4.39 Å². The van der Waals surface area contributed by atoms with Crippen LogP contribution in [0.15, 0.2) is 28.7 Å². The quantitative estimate of drug-likeness (QED) is 0.826. The van der Waals surface area contributed by atoms with Crippen LogP contribution in [-0.2, 0) is 0 Å². The van der Waals surface area contributed by atoms with E-state index in [1.807, 2.05) is 27.7 Å². The van der Waals surface area contributed by atoms with Crippen LogP contribution in [0.25, 0.3) is 0 Å². The van der Waals surface area contributed by atoms with Crippen molar-refractivity contribution in [1.29, 1.82) is 0 Å². The predicted molar refractivity (Wildman–Crippen MR) is 83.6 cm³/mol. The van der Waals surface area contributed by atoms with Gasteiger partial charge in [0.1, 0.15) is 11.9 Å². The number of halogens is 2. The maximum Gasteiger partial charge on any atom is 0.137 e. The molecule has 0 heterocycles. The molecule has 0 aromatic heterocycles. The molecule has 1 N–H and O–H groups in total. The van der Waals surface area contributed by atoms with Gasteiger partial charge in [0.25, 0.3) is 0 Å². The van der Waals surface area contributed by atoms with Gasteiger partial charge in [-0.3, -0.25) is 0 Å². The molecule has 0 amide bonds. The molecule has 0 bridgehead atoms. The summed E-state index contributed by atoms with van der Waals surface area (Å²) in [6, 6.07) is 6.87. The van der Waals surface area contributed by atoms with Gasteiger partial charge in [0.15, 0.2) is 0 Å². The van der Waals surface area contributed by atoms with Gasteiger partial charge in [0.05, 0.1) is 4.47 Å². The zero-order valence-corrected chi connectivity index (χ0v) is 13.7. The smallest absolute Gasteiger partial charge is 0.137 e. The molecular weight excluding hydrogens is 319 g/mol. The Hall–Kier alpha value is -1.19. The lowest BCUT2D eigenvalue weighted by atomic mass is 9.88. The van der Waals surface area contributed by atoms with E-state index < -0.39 is 6.10 Å². The molecule has 1 atom stereocenters. The third-order valence-electron chi connectivity index (χ3n) is 3.96. The van der Waals surface area contributed by atoms with E-state index in [0.717, 1.165) is 27.8 Å². The minimum Gasteiger partial charge on any atom is -0.384 e. The molecule has 0 aliphatic rings. The van der Waals surface area contributed by atoms with Crippen molar-refractivity contribution in [2.75, 3.05) is 0 Å². The Morgan fingerprint density at radius 1 is 1.00 bits per heavy atom. The van der Waals surface area contributed by atoms with Crippen molar-refractivity contribution < 1.29 is 9.50 Å². The number of hydrogen-bond donors (Lipinski definition) is 1. The summed E-state index contributed by atoms with van der Waals surface area (Å²) >= 11 is 3.13. The first kappa shape index (κ1) is 15.2. The third kappa shape index (κ3) is 2.65. The topological polar surface area (TPSA) is 20.2 Å². The number of aliphatic hydroxyl groups excluding tert-OH is 1. The van der Waals surface area contributed by atoms with Crippen molar-refractivity contribution in [1.82, 2.24) is 0 Å². The lowest BCUT2D eigenvalue weighted by Crippen LogP contribution is -2.07. The molecule has 0 aliphatic heterocycles. The molecule has 0 saturated heterocycles. The van der Waals surface area contributed by atoms with E-state index in [2.05, 4.69) is 22.0 Å². The molecule has 106 valence electrons. The number of hydrogen-bond acceptors (Lipinski definition) is 1. The fourth-order valence-corrected chi connectivity index (χ4v) is 2.75. The Labute approximate surface area is 127 Å². The monoisotopic (exact) mass is 336 g/mol. The number of benzene rings is 2. The van der Waals surface area contributed by atoms with Crippen LogP contribution < -0.4 is 0 Å². The van der Waals surface area contributed by atoms with Crippen molar-refractivity contribution in [3.05, 3.63) is 67.9 Å². The average molecular weight is 337 g/mol. The first-order valence-electron chi connectivity index (χ1n) is 6.53. The van der Waals surface area contributed by atoms with E-state index in [1.165, 1.54) is 6.07 Å². The highest BCUT2D eigenvalue weighted by Gasteiger charge is 2.19. The minimum atomic E-state index is -0.809. The molecule has 0 fully saturated rings. The van der Waals surface area contributed by atoms with E-state index in [9.17, 15) is 9.50 Å². The molecule has 2 aromatic rings. The number of aryl methyl sites for hydroxylation is 2. The molecule has 1 unspecified atom stereocenters. The van der Waals surface area contributed by atoms with Crippen LogP contribution in [0, 0.1) is 33.5 Å². The third-order valence-corrected chi connectivity index (χ3v) is 4.60. The Kier molecular flexibility index (Phi) is 4.31. The largest absolute Gasteiger partial charge is 0.384 e. The summed E-state index contributed by atoms with van der Waals surface area (Å²) in [4.78, 5) is 0. The predicted octanol–water partition coefficient (Wildman–Crippen LogP) is 4.90. The molecule has 0 saturated carbocycles. The van der Waals surface area contributed by atoms with Crippen molar-refractivity contribution >= 4 is 15.9 Å². The van der Waals surface area contributed by atoms with Crippen molar-refractivity contribution in [2.24, 2.45) is 0 Å². The van der Waals surface area contributed by atoms with Crippen LogP contribution in [-0.4, -0.2) is 5.11 Å². The molecule has 20 heavy (non-hydrogen) atoms. The van der Waals surface area contributed by atoms with Crippen LogP contribution in [0.1, 0.15) is 39.5 Å². The van der Waals surface area contributed by atoms with Crippen LogP contribution in [0.5, 0.6) is 0 Å². The standard InChI is InChI=1S/C17H18BrFO/c1-9-7-10(2)12(4)16(11(9)3)17(20)13-5-6-14(18)15(19)8-13/h5-8,17,20H,1-4H3. The van der Waals surface area contributed by atoms with Gasteiger partial charge in [-0.25, -0.2) is 4.39 Å². The highest BCUT2D eigenvalue weighted by molar-refractivity contribution is 9.10. The molecule has 0 spiro atoms. The van der Waals surface area contributed by atoms with Gasteiger partial charge in [-0.15, -0.1) is 0 Å². The molecular formula is C17H18BrFO. The highest BCUT2D eigenvalue weighted by atomic mass is 79.9. The van der Waals surface area contributed by atoms with Gasteiger partial charge in [0.2, 0.25) is 0 Å². The minimum absolute atomic E-state index is 0.360.